The van der Waals surface area contributed by atoms with E-state index in [2.05, 4.69) is 26.2 Å². The number of anilines is 1. The van der Waals surface area contributed by atoms with E-state index < -0.39 is 12.1 Å². The summed E-state index contributed by atoms with van der Waals surface area (Å²) >= 11 is 5.02. The largest absolute Gasteiger partial charge is 0.496 e. The number of nitrogens with one attached hydrogen (secondary N) is 1. The number of ether oxygens (including phenoxy) is 2. The minimum absolute atomic E-state index is 0.322. The number of nitrogens with zero attached hydrogens (tertiary/aromatic N) is 3. The molecule has 3 aromatic carbocycles. The Labute approximate surface area is 214 Å². The third-order valence-corrected chi connectivity index (χ3v) is 7.25. The standard InChI is InChI=1S/C26H20BrFN4O2S/c1-33-19-12-11-14(27)13-17(19)24-21-22(16-8-4-6-10-20(16)34-24)29-25-30-26(35-2)31-32(25)23(21)15-7-3-5-9-18(15)28/h3-13,23-24H,1-2H3,(H,29,30,31)/t23-,24-/m1/s1. The first-order valence-electron chi connectivity index (χ1n) is 10.9. The summed E-state index contributed by atoms with van der Waals surface area (Å²) in [6.07, 6.45) is 1.35. The molecular weight excluding hydrogens is 531 g/mol. The summed E-state index contributed by atoms with van der Waals surface area (Å²) in [5.41, 5.74) is 3.85. The third kappa shape index (κ3) is 3.61. The van der Waals surface area contributed by atoms with Gasteiger partial charge < -0.3 is 14.8 Å². The zero-order valence-corrected chi connectivity index (χ0v) is 21.2. The van der Waals surface area contributed by atoms with Crippen LogP contribution in [-0.4, -0.2) is 28.1 Å². The molecule has 2 aliphatic rings. The maximum atomic E-state index is 15.4. The lowest BCUT2D eigenvalue weighted by atomic mass is 9.84. The van der Waals surface area contributed by atoms with Crippen molar-refractivity contribution in [3.05, 3.63) is 99.3 Å². The fourth-order valence-electron chi connectivity index (χ4n) is 4.71. The van der Waals surface area contributed by atoms with Crippen LogP contribution in [0.25, 0.3) is 5.70 Å². The quantitative estimate of drug-likeness (QED) is 0.294. The minimum atomic E-state index is -0.585. The third-order valence-electron chi connectivity index (χ3n) is 6.22. The normalized spacial score (nSPS) is 18.2. The minimum Gasteiger partial charge on any atom is -0.496 e. The number of rotatable bonds is 4. The predicted octanol–water partition coefficient (Wildman–Crippen LogP) is 6.47. The monoisotopic (exact) mass is 550 g/mol. The van der Waals surface area contributed by atoms with Crippen LogP contribution in [0.15, 0.2) is 81.9 Å². The lowest BCUT2D eigenvalue weighted by molar-refractivity contribution is 0.217. The molecule has 6 rings (SSSR count). The van der Waals surface area contributed by atoms with Crippen molar-refractivity contribution in [2.75, 3.05) is 18.7 Å². The molecule has 176 valence electrons. The molecule has 3 heterocycles. The molecule has 0 radical (unpaired) electrons. The Morgan fingerprint density at radius 3 is 2.69 bits per heavy atom. The lowest BCUT2D eigenvalue weighted by Gasteiger charge is -2.39. The number of thioether (sulfide) groups is 1. The Kier molecular flexibility index (Phi) is 5.53. The van der Waals surface area contributed by atoms with Crippen LogP contribution in [0.5, 0.6) is 11.5 Å². The van der Waals surface area contributed by atoms with Gasteiger partial charge in [-0.3, -0.25) is 0 Å². The topological polar surface area (TPSA) is 61.2 Å². The van der Waals surface area contributed by atoms with Crippen LogP contribution in [-0.2, 0) is 0 Å². The summed E-state index contributed by atoms with van der Waals surface area (Å²) in [6, 6.07) is 19.8. The average Bonchev–Trinajstić information content (AvgIpc) is 3.30. The Morgan fingerprint density at radius 1 is 1.09 bits per heavy atom. The van der Waals surface area contributed by atoms with Crippen LogP contribution in [0.3, 0.4) is 0 Å². The Balaban J connectivity index is 1.67. The maximum Gasteiger partial charge on any atom is 0.227 e. The van der Waals surface area contributed by atoms with E-state index in [1.165, 1.54) is 17.8 Å². The van der Waals surface area contributed by atoms with Gasteiger partial charge in [-0.1, -0.05) is 58.0 Å². The first-order valence-corrected chi connectivity index (χ1v) is 13.0. The molecular formula is C26H20BrFN4O2S. The van der Waals surface area contributed by atoms with Crippen LogP contribution in [0.2, 0.25) is 0 Å². The van der Waals surface area contributed by atoms with Gasteiger partial charge >= 0.3 is 0 Å². The van der Waals surface area contributed by atoms with Crippen molar-refractivity contribution in [1.29, 1.82) is 0 Å². The van der Waals surface area contributed by atoms with E-state index in [0.29, 0.717) is 22.4 Å². The summed E-state index contributed by atoms with van der Waals surface area (Å²) in [4.78, 5) is 4.66. The van der Waals surface area contributed by atoms with Crippen molar-refractivity contribution in [3.8, 4) is 11.5 Å². The van der Waals surface area contributed by atoms with E-state index in [9.17, 15) is 0 Å². The Morgan fingerprint density at radius 2 is 1.89 bits per heavy atom. The molecule has 9 heteroatoms. The molecule has 0 aliphatic carbocycles. The zero-order valence-electron chi connectivity index (χ0n) is 18.8. The van der Waals surface area contributed by atoms with Gasteiger partial charge in [0.25, 0.3) is 0 Å². The van der Waals surface area contributed by atoms with Crippen LogP contribution >= 0.6 is 27.7 Å². The number of methoxy groups -OCH3 is 1. The fraction of sp³-hybridized carbons (Fsp3) is 0.154. The van der Waals surface area contributed by atoms with Crippen LogP contribution < -0.4 is 14.8 Å². The molecule has 35 heavy (non-hydrogen) atoms. The van der Waals surface area contributed by atoms with Crippen LogP contribution in [0, 0.1) is 5.82 Å². The van der Waals surface area contributed by atoms with Gasteiger partial charge in [0, 0.05) is 26.7 Å². The number of benzene rings is 3. The van der Waals surface area contributed by atoms with Crippen molar-refractivity contribution in [3.63, 3.8) is 0 Å². The predicted molar refractivity (Wildman–Crippen MR) is 137 cm³/mol. The van der Waals surface area contributed by atoms with Gasteiger partial charge in [-0.25, -0.2) is 9.07 Å². The van der Waals surface area contributed by atoms with Gasteiger partial charge in [0.15, 0.2) is 6.10 Å². The summed E-state index contributed by atoms with van der Waals surface area (Å²) in [6.45, 7) is 0. The molecule has 0 amide bonds. The van der Waals surface area contributed by atoms with E-state index in [1.807, 2.05) is 54.8 Å². The van der Waals surface area contributed by atoms with E-state index in [1.54, 1.807) is 23.9 Å². The molecule has 0 bridgehead atoms. The van der Waals surface area contributed by atoms with Gasteiger partial charge in [-0.05, 0) is 42.7 Å². The van der Waals surface area contributed by atoms with Gasteiger partial charge in [-0.2, -0.15) is 4.98 Å². The molecule has 2 atom stereocenters. The highest BCUT2D eigenvalue weighted by Gasteiger charge is 2.43. The lowest BCUT2D eigenvalue weighted by Crippen LogP contribution is -2.33. The SMILES string of the molecule is COc1ccc(Br)cc1[C@H]1Oc2ccccc2C2=C1[C@@H](c1ccccc1F)n1nc(SC)nc1N2. The number of aromatic nitrogens is 3. The molecule has 0 fully saturated rings. The number of hydrogen-bond donors (Lipinski definition) is 1. The van der Waals surface area contributed by atoms with Crippen molar-refractivity contribution in [2.45, 2.75) is 17.3 Å². The second-order valence-electron chi connectivity index (χ2n) is 8.13. The summed E-state index contributed by atoms with van der Waals surface area (Å²) in [5.74, 6) is 1.62. The highest BCUT2D eigenvalue weighted by atomic mass is 79.9. The molecule has 0 spiro atoms. The average molecular weight is 551 g/mol. The molecule has 4 aromatic rings. The van der Waals surface area contributed by atoms with Crippen LogP contribution in [0.1, 0.15) is 28.8 Å². The van der Waals surface area contributed by atoms with Crippen molar-refractivity contribution < 1.29 is 13.9 Å². The summed E-state index contributed by atoms with van der Waals surface area (Å²) < 4.78 is 30.4. The smallest absolute Gasteiger partial charge is 0.227 e. The van der Waals surface area contributed by atoms with Crippen molar-refractivity contribution in [2.24, 2.45) is 0 Å². The van der Waals surface area contributed by atoms with Crippen molar-refractivity contribution in [1.82, 2.24) is 14.8 Å². The number of fused-ring (bicyclic) bond motifs is 3. The van der Waals surface area contributed by atoms with E-state index in [0.717, 1.165) is 32.6 Å². The molecule has 1 N–H and O–H groups in total. The fourth-order valence-corrected chi connectivity index (χ4v) is 5.43. The van der Waals surface area contributed by atoms with Gasteiger partial charge in [0.05, 0.1) is 12.8 Å². The second kappa shape index (κ2) is 8.73. The van der Waals surface area contributed by atoms with E-state index in [4.69, 9.17) is 14.6 Å². The molecule has 0 unspecified atom stereocenters. The summed E-state index contributed by atoms with van der Waals surface area (Å²) in [5, 5.41) is 8.79. The maximum absolute atomic E-state index is 15.4. The zero-order chi connectivity index (χ0) is 24.1. The van der Waals surface area contributed by atoms with Gasteiger partial charge in [-0.15, -0.1) is 5.10 Å². The molecule has 0 saturated carbocycles. The number of hydrogen-bond acceptors (Lipinski definition) is 6. The number of para-hydroxylation sites is 1. The number of halogens is 2. The van der Waals surface area contributed by atoms with Gasteiger partial charge in [0.2, 0.25) is 11.1 Å². The van der Waals surface area contributed by atoms with Crippen LogP contribution in [0.4, 0.5) is 10.3 Å². The molecule has 1 aromatic heterocycles. The van der Waals surface area contributed by atoms with Gasteiger partial charge in [0.1, 0.15) is 23.4 Å². The van der Waals surface area contributed by atoms with E-state index >= 15 is 4.39 Å². The van der Waals surface area contributed by atoms with E-state index in [-0.39, 0.29) is 5.82 Å². The molecule has 0 saturated heterocycles. The summed E-state index contributed by atoms with van der Waals surface area (Å²) in [7, 11) is 1.63. The molecule has 6 nitrogen and oxygen atoms in total. The first kappa shape index (κ1) is 22.2. The molecule has 2 aliphatic heterocycles. The Hall–Kier alpha value is -3.30. The second-order valence-corrected chi connectivity index (χ2v) is 9.82. The highest BCUT2D eigenvalue weighted by molar-refractivity contribution is 9.10. The van der Waals surface area contributed by atoms with Crippen molar-refractivity contribution >= 4 is 39.3 Å². The Bertz CT molecular complexity index is 1490. The first-order chi connectivity index (χ1) is 17.1. The highest BCUT2D eigenvalue weighted by Crippen LogP contribution is 2.52.